The van der Waals surface area contributed by atoms with E-state index < -0.39 is 6.29 Å². The van der Waals surface area contributed by atoms with Gasteiger partial charge < -0.3 is 23.7 Å². The Morgan fingerprint density at radius 1 is 1.10 bits per heavy atom. The highest BCUT2D eigenvalue weighted by atomic mass is 16.7. The third kappa shape index (κ3) is 5.28. The molecule has 0 radical (unpaired) electrons. The second-order valence-corrected chi connectivity index (χ2v) is 7.75. The molecule has 2 atom stereocenters. The average Bonchev–Trinajstić information content (AvgIpc) is 2.70. The van der Waals surface area contributed by atoms with Crippen molar-refractivity contribution in [1.82, 2.24) is 0 Å². The lowest BCUT2D eigenvalue weighted by Gasteiger charge is -2.39. The summed E-state index contributed by atoms with van der Waals surface area (Å²) in [5.74, 6) is 0.868. The van der Waals surface area contributed by atoms with E-state index in [1.807, 2.05) is 30.3 Å². The molecule has 0 amide bonds. The summed E-state index contributed by atoms with van der Waals surface area (Å²) >= 11 is 0. The summed E-state index contributed by atoms with van der Waals surface area (Å²) in [7, 11) is 2.96. The van der Waals surface area contributed by atoms with Crippen molar-refractivity contribution in [3.8, 4) is 11.5 Å². The second kappa shape index (κ2) is 8.84. The van der Waals surface area contributed by atoms with Gasteiger partial charge in [0.05, 0.1) is 31.5 Å². The highest BCUT2D eigenvalue weighted by molar-refractivity contribution is 5.89. The molecular weight excluding hydrogens is 372 g/mol. The SMILES string of the molecule is COC(=O)c1ccc(COc2ccc([C@H]3O[C@@H](C)CC(C)(C)O3)cc2OC)cc1. The number of esters is 1. The molecule has 1 saturated heterocycles. The molecule has 0 saturated carbocycles. The molecule has 0 N–H and O–H groups in total. The molecule has 6 nitrogen and oxygen atoms in total. The first-order valence-electron chi connectivity index (χ1n) is 9.62. The molecule has 29 heavy (non-hydrogen) atoms. The average molecular weight is 400 g/mol. The van der Waals surface area contributed by atoms with Gasteiger partial charge in [-0.1, -0.05) is 18.2 Å². The normalized spacial score (nSPS) is 20.7. The van der Waals surface area contributed by atoms with Crippen molar-refractivity contribution in [2.24, 2.45) is 0 Å². The molecule has 3 rings (SSSR count). The van der Waals surface area contributed by atoms with Crippen LogP contribution in [0.25, 0.3) is 0 Å². The number of carbonyl (C=O) groups is 1. The first-order valence-corrected chi connectivity index (χ1v) is 9.62. The molecule has 1 fully saturated rings. The van der Waals surface area contributed by atoms with Gasteiger partial charge in [-0.2, -0.15) is 0 Å². The summed E-state index contributed by atoms with van der Waals surface area (Å²) in [5, 5.41) is 0. The fraction of sp³-hybridized carbons (Fsp3) is 0.435. The number of benzene rings is 2. The maximum absolute atomic E-state index is 11.5. The van der Waals surface area contributed by atoms with Gasteiger partial charge in [0.15, 0.2) is 17.8 Å². The molecule has 2 aromatic carbocycles. The van der Waals surface area contributed by atoms with Crippen molar-refractivity contribution in [2.45, 2.75) is 51.8 Å². The monoisotopic (exact) mass is 400 g/mol. The molecule has 0 bridgehead atoms. The minimum Gasteiger partial charge on any atom is -0.493 e. The lowest BCUT2D eigenvalue weighted by molar-refractivity contribution is -0.273. The van der Waals surface area contributed by atoms with Gasteiger partial charge in [0.2, 0.25) is 0 Å². The number of hydrogen-bond donors (Lipinski definition) is 0. The first kappa shape index (κ1) is 21.1. The van der Waals surface area contributed by atoms with E-state index in [-0.39, 0.29) is 17.7 Å². The summed E-state index contributed by atoms with van der Waals surface area (Å²) in [6.45, 7) is 6.54. The Morgan fingerprint density at radius 2 is 1.83 bits per heavy atom. The molecule has 0 aliphatic carbocycles. The largest absolute Gasteiger partial charge is 0.493 e. The molecule has 6 heteroatoms. The summed E-state index contributed by atoms with van der Waals surface area (Å²) in [6.07, 6.45) is 0.512. The minimum absolute atomic E-state index is 0.110. The van der Waals surface area contributed by atoms with Crippen LogP contribution >= 0.6 is 0 Å². The van der Waals surface area contributed by atoms with E-state index in [9.17, 15) is 4.79 Å². The maximum Gasteiger partial charge on any atom is 0.337 e. The molecule has 0 unspecified atom stereocenters. The molecule has 2 aromatic rings. The summed E-state index contributed by atoms with van der Waals surface area (Å²) in [4.78, 5) is 11.5. The van der Waals surface area contributed by atoms with Crippen LogP contribution in [0.2, 0.25) is 0 Å². The van der Waals surface area contributed by atoms with Crippen molar-refractivity contribution in [3.05, 3.63) is 59.2 Å². The lowest BCUT2D eigenvalue weighted by atomic mass is 9.99. The minimum atomic E-state index is -0.442. The van der Waals surface area contributed by atoms with Crippen LogP contribution in [0.5, 0.6) is 11.5 Å². The number of methoxy groups -OCH3 is 2. The third-order valence-corrected chi connectivity index (χ3v) is 4.79. The van der Waals surface area contributed by atoms with Crippen LogP contribution in [-0.2, 0) is 20.8 Å². The Balaban J connectivity index is 1.70. The number of rotatable bonds is 6. The number of carbonyl (C=O) groups excluding carboxylic acids is 1. The number of ether oxygens (including phenoxy) is 5. The van der Waals surface area contributed by atoms with Crippen LogP contribution in [0.1, 0.15) is 55.0 Å². The summed E-state index contributed by atoms with van der Waals surface area (Å²) in [6, 6.07) is 12.8. The van der Waals surface area contributed by atoms with Gasteiger partial charge in [0, 0.05) is 12.0 Å². The molecule has 1 heterocycles. The fourth-order valence-corrected chi connectivity index (χ4v) is 3.43. The van der Waals surface area contributed by atoms with Gasteiger partial charge in [0.25, 0.3) is 0 Å². The molecule has 0 spiro atoms. The Labute approximate surface area is 171 Å². The maximum atomic E-state index is 11.5. The van der Waals surface area contributed by atoms with Crippen LogP contribution < -0.4 is 9.47 Å². The standard InChI is InChI=1S/C23H28O6/c1-15-13-23(2,3)29-22(28-15)18-10-11-19(20(12-18)25-4)27-14-16-6-8-17(9-7-16)21(24)26-5/h6-12,15,22H,13-14H2,1-5H3/t15-,22-/m0/s1. The smallest absolute Gasteiger partial charge is 0.337 e. The van der Waals surface area contributed by atoms with Gasteiger partial charge in [0.1, 0.15) is 6.61 Å². The fourth-order valence-electron chi connectivity index (χ4n) is 3.43. The van der Waals surface area contributed by atoms with E-state index >= 15 is 0 Å². The van der Waals surface area contributed by atoms with E-state index in [1.54, 1.807) is 19.2 Å². The Hall–Kier alpha value is -2.57. The lowest BCUT2D eigenvalue weighted by Crippen LogP contribution is -2.38. The topological polar surface area (TPSA) is 63.2 Å². The van der Waals surface area contributed by atoms with Crippen LogP contribution in [0.3, 0.4) is 0 Å². The zero-order valence-corrected chi connectivity index (χ0v) is 17.6. The van der Waals surface area contributed by atoms with E-state index in [2.05, 4.69) is 20.8 Å². The highest BCUT2D eigenvalue weighted by Gasteiger charge is 2.34. The zero-order chi connectivity index (χ0) is 21.0. The van der Waals surface area contributed by atoms with Gasteiger partial charge in [-0.05, 0) is 50.6 Å². The van der Waals surface area contributed by atoms with Crippen molar-refractivity contribution >= 4 is 5.97 Å². The Morgan fingerprint density at radius 3 is 2.45 bits per heavy atom. The second-order valence-electron chi connectivity index (χ2n) is 7.75. The molecule has 1 aliphatic heterocycles. The van der Waals surface area contributed by atoms with Gasteiger partial charge in [-0.3, -0.25) is 0 Å². The third-order valence-electron chi connectivity index (χ3n) is 4.79. The Kier molecular flexibility index (Phi) is 6.45. The molecule has 156 valence electrons. The summed E-state index contributed by atoms with van der Waals surface area (Å²) in [5.41, 5.74) is 2.07. The van der Waals surface area contributed by atoms with Crippen molar-refractivity contribution in [1.29, 1.82) is 0 Å². The molecule has 1 aliphatic rings. The van der Waals surface area contributed by atoms with E-state index in [0.717, 1.165) is 17.5 Å². The zero-order valence-electron chi connectivity index (χ0n) is 17.6. The predicted molar refractivity (Wildman–Crippen MR) is 108 cm³/mol. The van der Waals surface area contributed by atoms with Gasteiger partial charge in [-0.15, -0.1) is 0 Å². The van der Waals surface area contributed by atoms with Crippen LogP contribution in [0, 0.1) is 0 Å². The van der Waals surface area contributed by atoms with E-state index in [0.29, 0.717) is 23.7 Å². The van der Waals surface area contributed by atoms with Crippen molar-refractivity contribution in [2.75, 3.05) is 14.2 Å². The molecule has 0 aromatic heterocycles. The predicted octanol–water partition coefficient (Wildman–Crippen LogP) is 4.66. The van der Waals surface area contributed by atoms with E-state index in [4.69, 9.17) is 23.7 Å². The Bertz CT molecular complexity index is 843. The van der Waals surface area contributed by atoms with Crippen molar-refractivity contribution < 1.29 is 28.5 Å². The van der Waals surface area contributed by atoms with Crippen molar-refractivity contribution in [3.63, 3.8) is 0 Å². The number of hydrogen-bond acceptors (Lipinski definition) is 6. The van der Waals surface area contributed by atoms with Crippen LogP contribution in [0.15, 0.2) is 42.5 Å². The quantitative estimate of drug-likeness (QED) is 0.657. The van der Waals surface area contributed by atoms with Crippen LogP contribution in [0.4, 0.5) is 0 Å². The first-order chi connectivity index (χ1) is 13.8. The molecular formula is C23H28O6. The van der Waals surface area contributed by atoms with Gasteiger partial charge in [-0.25, -0.2) is 4.79 Å². The highest BCUT2D eigenvalue weighted by Crippen LogP contribution is 2.38. The van der Waals surface area contributed by atoms with Gasteiger partial charge >= 0.3 is 5.97 Å². The van der Waals surface area contributed by atoms with E-state index in [1.165, 1.54) is 7.11 Å². The van der Waals surface area contributed by atoms with Crippen LogP contribution in [-0.4, -0.2) is 31.9 Å². The summed E-state index contributed by atoms with van der Waals surface area (Å²) < 4.78 is 28.2.